The Morgan fingerprint density at radius 2 is 2.21 bits per heavy atom. The van der Waals surface area contributed by atoms with Gasteiger partial charge < -0.3 is 10.0 Å². The predicted octanol–water partition coefficient (Wildman–Crippen LogP) is 2.50. The van der Waals surface area contributed by atoms with Gasteiger partial charge in [-0.25, -0.2) is 0 Å². The van der Waals surface area contributed by atoms with E-state index >= 15 is 0 Å². The molecule has 19 heavy (non-hydrogen) atoms. The minimum atomic E-state index is -0.148. The zero-order valence-corrected chi connectivity index (χ0v) is 12.0. The minimum Gasteiger partial charge on any atom is -0.384 e. The molecule has 2 rings (SSSR count). The van der Waals surface area contributed by atoms with Gasteiger partial charge in [0.05, 0.1) is 9.75 Å². The zero-order chi connectivity index (χ0) is 13.7. The molecule has 0 aromatic carbocycles. The lowest BCUT2D eigenvalue weighted by Gasteiger charge is -2.27. The Balaban J connectivity index is 2.10. The lowest BCUT2D eigenvalue weighted by atomic mass is 10.2. The van der Waals surface area contributed by atoms with Crippen molar-refractivity contribution in [1.29, 1.82) is 0 Å². The molecule has 1 aliphatic rings. The molecular weight excluding hydrogens is 258 g/mol. The van der Waals surface area contributed by atoms with Crippen LogP contribution in [0.5, 0.6) is 0 Å². The van der Waals surface area contributed by atoms with Crippen LogP contribution in [0.15, 0.2) is 12.1 Å². The van der Waals surface area contributed by atoms with Gasteiger partial charge in [-0.3, -0.25) is 4.79 Å². The van der Waals surface area contributed by atoms with E-state index in [1.807, 2.05) is 24.0 Å². The number of thiophene rings is 1. The average Bonchev–Trinajstić information content (AvgIpc) is 3.08. The third-order valence-electron chi connectivity index (χ3n) is 3.47. The van der Waals surface area contributed by atoms with Gasteiger partial charge in [0.15, 0.2) is 0 Å². The standard InChI is InChI=1S/C15H19NO2S/c1-2-16(12-6-3-4-7-12)15(18)14-10-9-13(19-14)8-5-11-17/h9-10,12,17H,2-4,6-7,11H2,1H3. The number of hydrogen-bond donors (Lipinski definition) is 1. The molecular formula is C15H19NO2S. The highest BCUT2D eigenvalue weighted by molar-refractivity contribution is 7.14. The first-order valence-electron chi connectivity index (χ1n) is 6.76. The topological polar surface area (TPSA) is 40.5 Å². The molecule has 0 spiro atoms. The van der Waals surface area contributed by atoms with E-state index in [0.29, 0.717) is 6.04 Å². The molecule has 1 aliphatic carbocycles. The number of amides is 1. The Morgan fingerprint density at radius 1 is 1.47 bits per heavy atom. The first kappa shape index (κ1) is 14.1. The van der Waals surface area contributed by atoms with Gasteiger partial charge in [0.2, 0.25) is 0 Å². The lowest BCUT2D eigenvalue weighted by Crippen LogP contribution is -2.38. The number of carbonyl (C=O) groups excluding carboxylic acids is 1. The Morgan fingerprint density at radius 3 is 2.84 bits per heavy atom. The van der Waals surface area contributed by atoms with E-state index < -0.39 is 0 Å². The van der Waals surface area contributed by atoms with Crippen molar-refractivity contribution in [2.75, 3.05) is 13.2 Å². The molecule has 102 valence electrons. The molecule has 0 atom stereocenters. The summed E-state index contributed by atoms with van der Waals surface area (Å²) in [6.07, 6.45) is 4.71. The van der Waals surface area contributed by atoms with E-state index in [-0.39, 0.29) is 12.5 Å². The van der Waals surface area contributed by atoms with E-state index in [1.165, 1.54) is 24.2 Å². The molecule has 0 aliphatic heterocycles. The largest absolute Gasteiger partial charge is 0.384 e. The SMILES string of the molecule is CCN(C(=O)c1ccc(C#CCO)s1)C1CCCC1. The van der Waals surface area contributed by atoms with Crippen molar-refractivity contribution in [3.63, 3.8) is 0 Å². The third-order valence-corrected chi connectivity index (χ3v) is 4.46. The molecule has 1 heterocycles. The van der Waals surface area contributed by atoms with Gasteiger partial charge in [-0.1, -0.05) is 24.7 Å². The molecule has 0 saturated heterocycles. The Kier molecular flexibility index (Phi) is 5.00. The van der Waals surface area contributed by atoms with Gasteiger partial charge in [-0.2, -0.15) is 0 Å². The summed E-state index contributed by atoms with van der Waals surface area (Å²) >= 11 is 1.41. The summed E-state index contributed by atoms with van der Waals surface area (Å²) in [7, 11) is 0. The fourth-order valence-corrected chi connectivity index (χ4v) is 3.41. The number of aliphatic hydroxyl groups excluding tert-OH is 1. The minimum absolute atomic E-state index is 0.122. The molecule has 1 saturated carbocycles. The van der Waals surface area contributed by atoms with E-state index in [2.05, 4.69) is 11.8 Å². The van der Waals surface area contributed by atoms with E-state index in [4.69, 9.17) is 5.11 Å². The van der Waals surface area contributed by atoms with E-state index in [9.17, 15) is 4.79 Å². The lowest BCUT2D eigenvalue weighted by molar-refractivity contribution is 0.0698. The Hall–Kier alpha value is -1.31. The van der Waals surface area contributed by atoms with Crippen LogP contribution in [0, 0.1) is 11.8 Å². The normalized spacial score (nSPS) is 15.1. The summed E-state index contributed by atoms with van der Waals surface area (Å²) in [5.41, 5.74) is 0. The van der Waals surface area contributed by atoms with Gasteiger partial charge in [-0.05, 0) is 31.9 Å². The molecule has 4 heteroatoms. The van der Waals surface area contributed by atoms with Crippen LogP contribution in [-0.2, 0) is 0 Å². The van der Waals surface area contributed by atoms with Gasteiger partial charge >= 0.3 is 0 Å². The number of rotatable bonds is 3. The zero-order valence-electron chi connectivity index (χ0n) is 11.2. The van der Waals surface area contributed by atoms with Crippen LogP contribution >= 0.6 is 11.3 Å². The molecule has 1 aromatic rings. The molecule has 3 nitrogen and oxygen atoms in total. The molecule has 1 aromatic heterocycles. The monoisotopic (exact) mass is 277 g/mol. The summed E-state index contributed by atoms with van der Waals surface area (Å²) < 4.78 is 0. The van der Waals surface area contributed by atoms with Gasteiger partial charge in [0.25, 0.3) is 5.91 Å². The number of carbonyl (C=O) groups is 1. The second-order valence-corrected chi connectivity index (χ2v) is 5.74. The summed E-state index contributed by atoms with van der Waals surface area (Å²) in [6, 6.07) is 4.10. The first-order chi connectivity index (χ1) is 9.26. The number of nitrogens with zero attached hydrogens (tertiary/aromatic N) is 1. The molecule has 0 bridgehead atoms. The Bertz CT molecular complexity index is 492. The summed E-state index contributed by atoms with van der Waals surface area (Å²) in [5, 5.41) is 8.67. The van der Waals surface area contributed by atoms with Crippen molar-refractivity contribution < 1.29 is 9.90 Å². The maximum absolute atomic E-state index is 12.5. The van der Waals surface area contributed by atoms with E-state index in [1.54, 1.807) is 0 Å². The smallest absolute Gasteiger partial charge is 0.264 e. The molecule has 1 N–H and O–H groups in total. The van der Waals surface area contributed by atoms with Gasteiger partial charge in [-0.15, -0.1) is 11.3 Å². The molecule has 0 unspecified atom stereocenters. The van der Waals surface area contributed by atoms with Crippen molar-refractivity contribution in [1.82, 2.24) is 4.90 Å². The van der Waals surface area contributed by atoms with Crippen molar-refractivity contribution in [2.45, 2.75) is 38.6 Å². The average molecular weight is 277 g/mol. The second-order valence-electron chi connectivity index (χ2n) is 4.65. The van der Waals surface area contributed by atoms with Crippen LogP contribution in [0.25, 0.3) is 0 Å². The van der Waals surface area contributed by atoms with Crippen molar-refractivity contribution in [3.8, 4) is 11.8 Å². The number of aliphatic hydroxyl groups is 1. The maximum Gasteiger partial charge on any atom is 0.264 e. The fraction of sp³-hybridized carbons (Fsp3) is 0.533. The van der Waals surface area contributed by atoms with Crippen LogP contribution in [0.4, 0.5) is 0 Å². The quantitative estimate of drug-likeness (QED) is 0.862. The highest BCUT2D eigenvalue weighted by Crippen LogP contribution is 2.26. The molecule has 1 fully saturated rings. The maximum atomic E-state index is 12.5. The molecule has 1 amide bonds. The molecule has 0 radical (unpaired) electrons. The van der Waals surface area contributed by atoms with Gasteiger partial charge in [0.1, 0.15) is 6.61 Å². The second kappa shape index (κ2) is 6.74. The number of hydrogen-bond acceptors (Lipinski definition) is 3. The third kappa shape index (κ3) is 3.37. The van der Waals surface area contributed by atoms with Crippen LogP contribution in [0.2, 0.25) is 0 Å². The fourth-order valence-electron chi connectivity index (χ4n) is 2.57. The first-order valence-corrected chi connectivity index (χ1v) is 7.58. The summed E-state index contributed by atoms with van der Waals surface area (Å²) in [4.78, 5) is 16.1. The van der Waals surface area contributed by atoms with Crippen molar-refractivity contribution >= 4 is 17.2 Å². The predicted molar refractivity (Wildman–Crippen MR) is 77.2 cm³/mol. The highest BCUT2D eigenvalue weighted by atomic mass is 32.1. The van der Waals surface area contributed by atoms with E-state index in [0.717, 1.165) is 29.1 Å². The highest BCUT2D eigenvalue weighted by Gasteiger charge is 2.26. The van der Waals surface area contributed by atoms with Gasteiger partial charge in [0, 0.05) is 12.6 Å². The van der Waals surface area contributed by atoms with Crippen molar-refractivity contribution in [3.05, 3.63) is 21.9 Å². The van der Waals surface area contributed by atoms with Crippen LogP contribution in [-0.4, -0.2) is 35.1 Å². The van der Waals surface area contributed by atoms with Crippen molar-refractivity contribution in [2.24, 2.45) is 0 Å². The van der Waals surface area contributed by atoms with Crippen LogP contribution < -0.4 is 0 Å². The Labute approximate surface area is 118 Å². The van der Waals surface area contributed by atoms with Crippen LogP contribution in [0.1, 0.15) is 47.2 Å². The summed E-state index contributed by atoms with van der Waals surface area (Å²) in [6.45, 7) is 2.65. The summed E-state index contributed by atoms with van der Waals surface area (Å²) in [5.74, 6) is 5.57. The van der Waals surface area contributed by atoms with Crippen LogP contribution in [0.3, 0.4) is 0 Å².